The molecule has 268 valence electrons. The molecule has 7 aromatic carbocycles. The maximum Gasteiger partial charge on any atom is 0.0991 e. The van der Waals surface area contributed by atoms with Crippen LogP contribution in [0.5, 0.6) is 0 Å². The van der Waals surface area contributed by atoms with Crippen LogP contribution in [0, 0.1) is 22.7 Å². The van der Waals surface area contributed by atoms with Gasteiger partial charge in [-0.2, -0.15) is 10.5 Å². The van der Waals surface area contributed by atoms with Crippen molar-refractivity contribution in [3.63, 3.8) is 0 Å². The van der Waals surface area contributed by atoms with Crippen LogP contribution in [0.1, 0.15) is 54.7 Å². The molecule has 0 amide bonds. The molecule has 2 aliphatic heterocycles. The van der Waals surface area contributed by atoms with Crippen LogP contribution in [-0.4, -0.2) is 0 Å². The Morgan fingerprint density at radius 3 is 1.23 bits per heavy atom. The third-order valence-corrected chi connectivity index (χ3v) is 13.5. The lowest BCUT2D eigenvalue weighted by Crippen LogP contribution is -2.24. The van der Waals surface area contributed by atoms with Crippen LogP contribution in [0.25, 0.3) is 22.3 Å². The number of para-hydroxylation sites is 4. The summed E-state index contributed by atoms with van der Waals surface area (Å²) in [6.07, 6.45) is 5.67. The predicted molar refractivity (Wildman–Crippen MR) is 230 cm³/mol. The Morgan fingerprint density at radius 1 is 0.446 bits per heavy atom. The monoisotopic (exact) mass is 756 g/mol. The molecule has 7 aromatic rings. The van der Waals surface area contributed by atoms with E-state index in [2.05, 4.69) is 137 Å². The second-order valence-corrected chi connectivity index (χ2v) is 16.7. The molecular formula is C50H36N4S2. The SMILES string of the molecule is N#Cc1cccc(-c2cc(-c3cccc(C#N)c3)c(N3c4ccccc4Sc4ccccc43)c(C3CCCCC3)c2N2c3ccccc3Sc3ccccc32)c1. The number of anilines is 6. The second-order valence-electron chi connectivity index (χ2n) is 14.5. The lowest BCUT2D eigenvalue weighted by molar-refractivity contribution is 0.444. The first kappa shape index (κ1) is 34.3. The Morgan fingerprint density at radius 2 is 0.839 bits per heavy atom. The van der Waals surface area contributed by atoms with Gasteiger partial charge >= 0.3 is 0 Å². The summed E-state index contributed by atoms with van der Waals surface area (Å²) in [5.41, 5.74) is 13.5. The van der Waals surface area contributed by atoms with Gasteiger partial charge in [-0.3, -0.25) is 0 Å². The molecule has 2 heterocycles. The third kappa shape index (κ3) is 5.85. The van der Waals surface area contributed by atoms with Crippen LogP contribution in [0.2, 0.25) is 0 Å². The van der Waals surface area contributed by atoms with E-state index in [1.165, 1.54) is 31.6 Å². The van der Waals surface area contributed by atoms with E-state index >= 15 is 0 Å². The molecule has 1 aliphatic carbocycles. The smallest absolute Gasteiger partial charge is 0.0991 e. The normalized spacial score (nSPS) is 14.5. The number of rotatable bonds is 5. The van der Waals surface area contributed by atoms with Crippen molar-refractivity contribution >= 4 is 57.6 Å². The molecule has 4 nitrogen and oxygen atoms in total. The first-order chi connectivity index (χ1) is 27.7. The van der Waals surface area contributed by atoms with Crippen LogP contribution in [0.4, 0.5) is 34.1 Å². The highest BCUT2D eigenvalue weighted by atomic mass is 32.2. The van der Waals surface area contributed by atoms with Crippen LogP contribution in [0.15, 0.2) is 171 Å². The van der Waals surface area contributed by atoms with E-state index in [4.69, 9.17) is 0 Å². The van der Waals surface area contributed by atoms with Crippen molar-refractivity contribution in [2.24, 2.45) is 0 Å². The molecule has 3 aliphatic rings. The molecular weight excluding hydrogens is 721 g/mol. The molecule has 0 atom stereocenters. The van der Waals surface area contributed by atoms with Crippen molar-refractivity contribution < 1.29 is 0 Å². The fraction of sp³-hybridized carbons (Fsp3) is 0.120. The highest BCUT2D eigenvalue weighted by Gasteiger charge is 2.38. The van der Waals surface area contributed by atoms with E-state index in [-0.39, 0.29) is 5.92 Å². The van der Waals surface area contributed by atoms with Gasteiger partial charge in [-0.05, 0) is 109 Å². The minimum atomic E-state index is 0.244. The minimum Gasteiger partial charge on any atom is -0.307 e. The summed E-state index contributed by atoms with van der Waals surface area (Å²) in [6.45, 7) is 0. The van der Waals surface area contributed by atoms with Gasteiger partial charge in [0.1, 0.15) is 0 Å². The largest absolute Gasteiger partial charge is 0.307 e. The molecule has 0 saturated heterocycles. The summed E-state index contributed by atoms with van der Waals surface area (Å²) in [6, 6.07) is 58.4. The molecule has 0 aromatic heterocycles. The van der Waals surface area contributed by atoms with Crippen molar-refractivity contribution in [2.75, 3.05) is 9.80 Å². The van der Waals surface area contributed by atoms with Crippen LogP contribution in [-0.2, 0) is 0 Å². The first-order valence-electron chi connectivity index (χ1n) is 19.2. The molecule has 0 unspecified atom stereocenters. The molecule has 0 radical (unpaired) electrons. The fourth-order valence-corrected chi connectivity index (χ4v) is 10.9. The topological polar surface area (TPSA) is 54.1 Å². The van der Waals surface area contributed by atoms with Crippen LogP contribution < -0.4 is 9.80 Å². The third-order valence-electron chi connectivity index (χ3n) is 11.2. The van der Waals surface area contributed by atoms with Crippen molar-refractivity contribution in [1.82, 2.24) is 0 Å². The van der Waals surface area contributed by atoms with Crippen molar-refractivity contribution in [1.29, 1.82) is 10.5 Å². The molecule has 1 fully saturated rings. The maximum absolute atomic E-state index is 10.2. The molecule has 1 saturated carbocycles. The van der Waals surface area contributed by atoms with Crippen molar-refractivity contribution in [3.05, 3.63) is 168 Å². The zero-order valence-electron chi connectivity index (χ0n) is 30.7. The van der Waals surface area contributed by atoms with Crippen LogP contribution >= 0.6 is 23.5 Å². The highest BCUT2D eigenvalue weighted by Crippen LogP contribution is 2.62. The van der Waals surface area contributed by atoms with Gasteiger partial charge in [-0.25, -0.2) is 0 Å². The summed E-state index contributed by atoms with van der Waals surface area (Å²) in [5.74, 6) is 0.244. The molecule has 10 rings (SSSR count). The Labute approximate surface area is 336 Å². The number of benzene rings is 7. The van der Waals surface area contributed by atoms with Gasteiger partial charge in [0.25, 0.3) is 0 Å². The first-order valence-corrected chi connectivity index (χ1v) is 20.9. The molecule has 0 N–H and O–H groups in total. The second kappa shape index (κ2) is 14.5. The van der Waals surface area contributed by atoms with E-state index in [0.717, 1.165) is 82.1 Å². The van der Waals surface area contributed by atoms with Gasteiger partial charge in [0.05, 0.1) is 57.4 Å². The lowest BCUT2D eigenvalue weighted by atomic mass is 9.78. The molecule has 56 heavy (non-hydrogen) atoms. The van der Waals surface area contributed by atoms with E-state index < -0.39 is 0 Å². The van der Waals surface area contributed by atoms with Gasteiger partial charge in [0.15, 0.2) is 0 Å². The fourth-order valence-electron chi connectivity index (χ4n) is 8.79. The Hall–Kier alpha value is -6.18. The zero-order valence-corrected chi connectivity index (χ0v) is 32.3. The molecule has 0 spiro atoms. The van der Waals surface area contributed by atoms with Crippen molar-refractivity contribution in [3.8, 4) is 34.4 Å². The Bertz CT molecular complexity index is 2490. The van der Waals surface area contributed by atoms with E-state index in [0.29, 0.717) is 11.1 Å². The molecule has 6 heteroatoms. The number of fused-ring (bicyclic) bond motifs is 4. The van der Waals surface area contributed by atoms with E-state index in [1.807, 2.05) is 59.9 Å². The summed E-state index contributed by atoms with van der Waals surface area (Å²) < 4.78 is 0. The van der Waals surface area contributed by atoms with E-state index in [9.17, 15) is 10.5 Å². The maximum atomic E-state index is 10.2. The molecule has 0 bridgehead atoms. The Balaban J connectivity index is 1.43. The average molecular weight is 757 g/mol. The lowest BCUT2D eigenvalue weighted by Gasteiger charge is -2.42. The highest BCUT2D eigenvalue weighted by molar-refractivity contribution is 8.00. The summed E-state index contributed by atoms with van der Waals surface area (Å²) in [5, 5.41) is 20.5. The van der Waals surface area contributed by atoms with E-state index in [1.54, 1.807) is 0 Å². The van der Waals surface area contributed by atoms with Crippen molar-refractivity contribution in [2.45, 2.75) is 57.6 Å². The number of nitriles is 2. The van der Waals surface area contributed by atoms with Gasteiger partial charge in [0, 0.05) is 36.3 Å². The number of hydrogen-bond acceptors (Lipinski definition) is 6. The summed E-state index contributed by atoms with van der Waals surface area (Å²) in [4.78, 5) is 9.86. The number of nitrogens with zero attached hydrogens (tertiary/aromatic N) is 4. The van der Waals surface area contributed by atoms with Gasteiger partial charge < -0.3 is 9.80 Å². The number of hydrogen-bond donors (Lipinski definition) is 0. The standard InChI is InChI=1S/C50H36N4S2/c51-31-33-14-12-18-36(28-33)38-30-39(37-19-13-15-34(29-37)32-52)50(54-42-22-6-10-26-46(42)56-47-27-11-7-23-43(47)54)48(35-16-2-1-3-17-35)49(38)53-40-20-4-8-24-44(40)55-45-25-9-5-21-41(45)53/h4-15,18-30,35H,1-3,16-17H2. The predicted octanol–water partition coefficient (Wildman–Crippen LogP) is 14.7. The van der Waals surface area contributed by atoms with Gasteiger partial charge in [-0.15, -0.1) is 0 Å². The van der Waals surface area contributed by atoms with Crippen LogP contribution in [0.3, 0.4) is 0 Å². The Kier molecular flexibility index (Phi) is 8.87. The van der Waals surface area contributed by atoms with Gasteiger partial charge in [-0.1, -0.05) is 116 Å². The van der Waals surface area contributed by atoms with Gasteiger partial charge in [0.2, 0.25) is 0 Å². The summed E-state index contributed by atoms with van der Waals surface area (Å²) in [7, 11) is 0. The average Bonchev–Trinajstić information content (AvgIpc) is 3.27. The summed E-state index contributed by atoms with van der Waals surface area (Å²) >= 11 is 3.64. The minimum absolute atomic E-state index is 0.244. The quantitative estimate of drug-likeness (QED) is 0.174. The zero-order chi connectivity index (χ0) is 37.6.